The summed E-state index contributed by atoms with van der Waals surface area (Å²) >= 11 is 1.44. The van der Waals surface area contributed by atoms with E-state index in [4.69, 9.17) is 4.74 Å². The van der Waals surface area contributed by atoms with Gasteiger partial charge in [0.25, 0.3) is 0 Å². The first-order chi connectivity index (χ1) is 13.1. The normalized spacial score (nSPS) is 11.8. The Labute approximate surface area is 163 Å². The van der Waals surface area contributed by atoms with Gasteiger partial charge in [0.05, 0.1) is 18.0 Å². The molecular weight excluding hydrogens is 358 g/mol. The number of thioether (sulfide) groups is 1. The van der Waals surface area contributed by atoms with Gasteiger partial charge in [-0.2, -0.15) is 0 Å². The van der Waals surface area contributed by atoms with Gasteiger partial charge < -0.3 is 10.1 Å². The molecule has 0 saturated heterocycles. The van der Waals surface area contributed by atoms with Gasteiger partial charge in [0.1, 0.15) is 5.75 Å². The Hall–Kier alpha value is -2.73. The molecule has 0 fully saturated rings. The van der Waals surface area contributed by atoms with E-state index in [2.05, 4.69) is 23.3 Å². The van der Waals surface area contributed by atoms with Crippen molar-refractivity contribution in [2.45, 2.75) is 30.8 Å². The average Bonchev–Trinajstić information content (AvgIpc) is 3.14. The fraction of sp³-hybridized carbons (Fsp3) is 0.238. The summed E-state index contributed by atoms with van der Waals surface area (Å²) in [6.45, 7) is 4.38. The molecule has 0 radical (unpaired) electrons. The maximum absolute atomic E-state index is 12.5. The van der Waals surface area contributed by atoms with Crippen molar-refractivity contribution >= 4 is 17.7 Å². The van der Waals surface area contributed by atoms with E-state index in [0.29, 0.717) is 6.54 Å². The maximum Gasteiger partial charge on any atom is 0.233 e. The molecule has 1 N–H and O–H groups in total. The van der Waals surface area contributed by atoms with E-state index in [1.54, 1.807) is 13.3 Å². The summed E-state index contributed by atoms with van der Waals surface area (Å²) in [7, 11) is 1.63. The van der Waals surface area contributed by atoms with Gasteiger partial charge in [-0.25, -0.2) is 4.98 Å². The van der Waals surface area contributed by atoms with E-state index in [0.717, 1.165) is 27.7 Å². The molecule has 0 spiro atoms. The second kappa shape index (κ2) is 8.77. The molecule has 1 unspecified atom stereocenters. The molecule has 1 amide bonds. The van der Waals surface area contributed by atoms with Crippen molar-refractivity contribution in [1.82, 2.24) is 14.9 Å². The molecule has 27 heavy (non-hydrogen) atoms. The number of methoxy groups -OCH3 is 1. The monoisotopic (exact) mass is 381 g/mol. The highest BCUT2D eigenvalue weighted by atomic mass is 32.2. The van der Waals surface area contributed by atoms with Crippen LogP contribution in [0.15, 0.2) is 66.1 Å². The standard InChI is InChI=1S/C21H23N3O2S/c1-15-8-4-6-10-18(15)24-13-12-22-21(24)27-16(2)20(25)23-14-17-9-5-7-11-19(17)26-3/h4-13,16H,14H2,1-3H3,(H,23,25). The Morgan fingerprint density at radius 2 is 1.96 bits per heavy atom. The number of imidazole rings is 1. The SMILES string of the molecule is COc1ccccc1CNC(=O)C(C)Sc1nccn1-c1ccccc1C. The summed E-state index contributed by atoms with van der Waals surface area (Å²) in [5.74, 6) is 0.735. The van der Waals surface area contributed by atoms with Crippen molar-refractivity contribution in [3.63, 3.8) is 0 Å². The molecule has 0 saturated carbocycles. The van der Waals surface area contributed by atoms with E-state index in [1.165, 1.54) is 11.8 Å². The van der Waals surface area contributed by atoms with Crippen molar-refractivity contribution in [2.24, 2.45) is 0 Å². The number of rotatable bonds is 7. The van der Waals surface area contributed by atoms with E-state index in [9.17, 15) is 4.79 Å². The van der Waals surface area contributed by atoms with Crippen LogP contribution in [0.1, 0.15) is 18.1 Å². The maximum atomic E-state index is 12.5. The van der Waals surface area contributed by atoms with Crippen molar-refractivity contribution < 1.29 is 9.53 Å². The highest BCUT2D eigenvalue weighted by Gasteiger charge is 2.18. The Kier molecular flexibility index (Phi) is 6.19. The number of carbonyl (C=O) groups is 1. The topological polar surface area (TPSA) is 56.1 Å². The van der Waals surface area contributed by atoms with Crippen LogP contribution < -0.4 is 10.1 Å². The predicted octanol–water partition coefficient (Wildman–Crippen LogP) is 3.99. The zero-order valence-electron chi connectivity index (χ0n) is 15.7. The molecule has 6 heteroatoms. The summed E-state index contributed by atoms with van der Waals surface area (Å²) < 4.78 is 7.35. The number of aromatic nitrogens is 2. The fourth-order valence-corrected chi connectivity index (χ4v) is 3.68. The van der Waals surface area contributed by atoms with Gasteiger partial charge >= 0.3 is 0 Å². The molecule has 1 heterocycles. The lowest BCUT2D eigenvalue weighted by molar-refractivity contribution is -0.120. The number of para-hydroxylation sites is 2. The van der Waals surface area contributed by atoms with Crippen LogP contribution in [0, 0.1) is 6.92 Å². The number of nitrogens with zero attached hydrogens (tertiary/aromatic N) is 2. The number of hydrogen-bond donors (Lipinski definition) is 1. The summed E-state index contributed by atoms with van der Waals surface area (Å²) in [6, 6.07) is 15.8. The smallest absolute Gasteiger partial charge is 0.233 e. The first kappa shape index (κ1) is 19.0. The van der Waals surface area contributed by atoms with Crippen molar-refractivity contribution in [2.75, 3.05) is 7.11 Å². The minimum absolute atomic E-state index is 0.0368. The lowest BCUT2D eigenvalue weighted by atomic mass is 10.2. The molecule has 0 aliphatic carbocycles. The van der Waals surface area contributed by atoms with Gasteiger partial charge in [-0.05, 0) is 31.5 Å². The van der Waals surface area contributed by atoms with Gasteiger partial charge in [-0.15, -0.1) is 0 Å². The first-order valence-corrected chi connectivity index (χ1v) is 9.63. The Balaban J connectivity index is 1.66. The van der Waals surface area contributed by atoms with Crippen molar-refractivity contribution in [3.05, 3.63) is 72.1 Å². The summed E-state index contributed by atoms with van der Waals surface area (Å²) in [5, 5.41) is 3.50. The minimum Gasteiger partial charge on any atom is -0.496 e. The molecule has 3 rings (SSSR count). The molecular formula is C21H23N3O2S. The van der Waals surface area contributed by atoms with E-state index in [1.807, 2.05) is 60.2 Å². The lowest BCUT2D eigenvalue weighted by Gasteiger charge is -2.15. The summed E-state index contributed by atoms with van der Waals surface area (Å²) in [5.41, 5.74) is 3.18. The van der Waals surface area contributed by atoms with Gasteiger partial charge in [0.2, 0.25) is 5.91 Å². The minimum atomic E-state index is -0.273. The molecule has 2 aromatic carbocycles. The molecule has 1 aromatic heterocycles. The van der Waals surface area contributed by atoms with Crippen LogP contribution in [0.25, 0.3) is 5.69 Å². The van der Waals surface area contributed by atoms with E-state index in [-0.39, 0.29) is 11.2 Å². The molecule has 1 atom stereocenters. The number of aryl methyl sites for hydroxylation is 1. The predicted molar refractivity (Wildman–Crippen MR) is 108 cm³/mol. The Morgan fingerprint density at radius 3 is 2.74 bits per heavy atom. The molecule has 3 aromatic rings. The number of carbonyl (C=O) groups excluding carboxylic acids is 1. The van der Waals surface area contributed by atoms with Crippen LogP contribution in [0.3, 0.4) is 0 Å². The lowest BCUT2D eigenvalue weighted by Crippen LogP contribution is -2.30. The Bertz CT molecular complexity index is 923. The number of amides is 1. The van der Waals surface area contributed by atoms with E-state index >= 15 is 0 Å². The van der Waals surface area contributed by atoms with Crippen LogP contribution >= 0.6 is 11.8 Å². The third kappa shape index (κ3) is 4.52. The molecule has 0 aliphatic rings. The number of hydrogen-bond acceptors (Lipinski definition) is 4. The van der Waals surface area contributed by atoms with Crippen LogP contribution in [0.2, 0.25) is 0 Å². The summed E-state index contributed by atoms with van der Waals surface area (Å²) in [4.78, 5) is 17.0. The second-order valence-corrected chi connectivity index (χ2v) is 7.46. The van der Waals surface area contributed by atoms with Crippen LogP contribution in [-0.2, 0) is 11.3 Å². The largest absolute Gasteiger partial charge is 0.496 e. The third-order valence-electron chi connectivity index (χ3n) is 4.28. The van der Waals surface area contributed by atoms with Gasteiger partial charge in [0.15, 0.2) is 5.16 Å². The van der Waals surface area contributed by atoms with Crippen molar-refractivity contribution in [3.8, 4) is 11.4 Å². The molecule has 0 aliphatic heterocycles. The molecule has 140 valence electrons. The summed E-state index contributed by atoms with van der Waals surface area (Å²) in [6.07, 6.45) is 3.68. The van der Waals surface area contributed by atoms with Crippen LogP contribution in [0.5, 0.6) is 5.75 Å². The highest BCUT2D eigenvalue weighted by Crippen LogP contribution is 2.26. The van der Waals surface area contributed by atoms with Crippen LogP contribution in [-0.4, -0.2) is 27.8 Å². The Morgan fingerprint density at radius 1 is 1.22 bits per heavy atom. The fourth-order valence-electron chi connectivity index (χ4n) is 2.78. The third-order valence-corrected chi connectivity index (χ3v) is 5.36. The van der Waals surface area contributed by atoms with Gasteiger partial charge in [0, 0.05) is 24.5 Å². The number of benzene rings is 2. The quantitative estimate of drug-likeness (QED) is 0.629. The van der Waals surface area contributed by atoms with E-state index < -0.39 is 0 Å². The number of nitrogens with one attached hydrogen (secondary N) is 1. The van der Waals surface area contributed by atoms with Gasteiger partial charge in [-0.1, -0.05) is 48.2 Å². The van der Waals surface area contributed by atoms with Crippen molar-refractivity contribution in [1.29, 1.82) is 0 Å². The highest BCUT2D eigenvalue weighted by molar-refractivity contribution is 8.00. The zero-order valence-corrected chi connectivity index (χ0v) is 16.5. The number of ether oxygens (including phenoxy) is 1. The first-order valence-electron chi connectivity index (χ1n) is 8.75. The van der Waals surface area contributed by atoms with Crippen LogP contribution in [0.4, 0.5) is 0 Å². The molecule has 0 bridgehead atoms. The molecule has 5 nitrogen and oxygen atoms in total. The average molecular weight is 382 g/mol. The zero-order chi connectivity index (χ0) is 19.2. The second-order valence-electron chi connectivity index (χ2n) is 6.16. The van der Waals surface area contributed by atoms with Gasteiger partial charge in [-0.3, -0.25) is 9.36 Å².